The molecule has 3 rings (SSSR count). The van der Waals surface area contributed by atoms with Crippen molar-refractivity contribution in [2.24, 2.45) is 12.8 Å². The van der Waals surface area contributed by atoms with E-state index in [1.54, 1.807) is 22.0 Å². The Morgan fingerprint density at radius 2 is 2.30 bits per heavy atom. The lowest BCUT2D eigenvalue weighted by molar-refractivity contribution is -0.135. The van der Waals surface area contributed by atoms with E-state index in [-0.39, 0.29) is 17.9 Å². The van der Waals surface area contributed by atoms with Gasteiger partial charge in [0.1, 0.15) is 12.1 Å². The minimum Gasteiger partial charge on any atom is -0.364 e. The smallest absolute Gasteiger partial charge is 0.249 e. The number of aromatic nitrogens is 2. The number of hydrogen-bond acceptors (Lipinski definition) is 5. The highest BCUT2D eigenvalue weighted by Crippen LogP contribution is 2.22. The summed E-state index contributed by atoms with van der Waals surface area (Å²) in [7, 11) is 1.81. The second-order valence-electron chi connectivity index (χ2n) is 6.13. The van der Waals surface area contributed by atoms with Gasteiger partial charge in [-0.1, -0.05) is 0 Å². The number of aryl methyl sites for hydroxylation is 1. The maximum Gasteiger partial charge on any atom is 0.249 e. The molecule has 3 atom stereocenters. The van der Waals surface area contributed by atoms with Gasteiger partial charge in [0.15, 0.2) is 0 Å². The number of nitrogens with one attached hydrogen (secondary N) is 1. The van der Waals surface area contributed by atoms with E-state index >= 15 is 0 Å². The predicted molar refractivity (Wildman–Crippen MR) is 83.7 cm³/mol. The van der Waals surface area contributed by atoms with Crippen molar-refractivity contribution < 1.29 is 14.3 Å². The van der Waals surface area contributed by atoms with Crippen molar-refractivity contribution >= 4 is 17.5 Å². The van der Waals surface area contributed by atoms with E-state index in [1.807, 2.05) is 7.05 Å². The zero-order valence-electron chi connectivity index (χ0n) is 13.3. The Bertz CT molecular complexity index is 587. The molecule has 23 heavy (non-hydrogen) atoms. The Balaban J connectivity index is 1.61. The quantitative estimate of drug-likeness (QED) is 0.781. The van der Waals surface area contributed by atoms with Gasteiger partial charge in [0.05, 0.1) is 18.0 Å². The molecule has 8 nitrogen and oxygen atoms in total. The molecule has 3 N–H and O–H groups in total. The van der Waals surface area contributed by atoms with Crippen molar-refractivity contribution in [1.29, 1.82) is 0 Å². The molecule has 1 aromatic rings. The molecule has 2 amide bonds. The van der Waals surface area contributed by atoms with E-state index in [0.29, 0.717) is 25.9 Å². The number of amides is 2. The van der Waals surface area contributed by atoms with Crippen LogP contribution in [0.15, 0.2) is 12.4 Å². The fraction of sp³-hybridized carbons (Fsp3) is 0.667. The molecule has 3 heterocycles. The molecule has 2 aliphatic heterocycles. The Hall–Kier alpha value is -1.93. The number of carbonyl (C=O) groups is 2. The molecule has 0 saturated carbocycles. The molecule has 2 fully saturated rings. The van der Waals surface area contributed by atoms with Crippen molar-refractivity contribution in [3.05, 3.63) is 12.4 Å². The Morgan fingerprint density at radius 1 is 1.48 bits per heavy atom. The van der Waals surface area contributed by atoms with Gasteiger partial charge in [-0.25, -0.2) is 0 Å². The number of carbonyl (C=O) groups excluding carboxylic acids is 2. The summed E-state index contributed by atoms with van der Waals surface area (Å²) in [6.45, 7) is 1.06. The standard InChI is InChI=1S/C15H23N5O3/c1-19-9-10(8-17-19)20-6-2-3-12(15(20)22)18-14(21)13-5-4-11(7-16)23-13/h8-9,11-13H,2-7,16H2,1H3,(H,18,21)/t11-,12?,13+/m1/s1. The van der Waals surface area contributed by atoms with Crippen LogP contribution in [0.2, 0.25) is 0 Å². The number of rotatable bonds is 4. The summed E-state index contributed by atoms with van der Waals surface area (Å²) in [6, 6.07) is -0.503. The van der Waals surface area contributed by atoms with Crippen LogP contribution in [0.1, 0.15) is 25.7 Å². The monoisotopic (exact) mass is 321 g/mol. The lowest BCUT2D eigenvalue weighted by Crippen LogP contribution is -2.54. The lowest BCUT2D eigenvalue weighted by Gasteiger charge is -2.32. The van der Waals surface area contributed by atoms with Crippen LogP contribution in [-0.4, -0.2) is 52.9 Å². The van der Waals surface area contributed by atoms with Crippen LogP contribution in [0.3, 0.4) is 0 Å². The molecule has 8 heteroatoms. The summed E-state index contributed by atoms with van der Waals surface area (Å²) >= 11 is 0. The molecule has 0 aromatic carbocycles. The molecule has 1 aromatic heterocycles. The molecular weight excluding hydrogens is 298 g/mol. The van der Waals surface area contributed by atoms with Gasteiger partial charge in [-0.15, -0.1) is 0 Å². The largest absolute Gasteiger partial charge is 0.364 e. The van der Waals surface area contributed by atoms with Gasteiger partial charge >= 0.3 is 0 Å². The molecule has 126 valence electrons. The highest BCUT2D eigenvalue weighted by molar-refractivity contribution is 6.00. The third-order valence-corrected chi connectivity index (χ3v) is 4.42. The van der Waals surface area contributed by atoms with Crippen LogP contribution in [0.4, 0.5) is 5.69 Å². The molecule has 2 saturated heterocycles. The normalized spacial score (nSPS) is 28.2. The number of hydrogen-bond donors (Lipinski definition) is 2. The Morgan fingerprint density at radius 3 is 2.96 bits per heavy atom. The first-order valence-electron chi connectivity index (χ1n) is 8.04. The molecule has 0 aliphatic carbocycles. The Labute approximate surface area is 134 Å². The summed E-state index contributed by atoms with van der Waals surface area (Å²) < 4.78 is 7.25. The van der Waals surface area contributed by atoms with E-state index in [2.05, 4.69) is 10.4 Å². The van der Waals surface area contributed by atoms with Crippen molar-refractivity contribution in [2.45, 2.75) is 43.9 Å². The van der Waals surface area contributed by atoms with Gasteiger partial charge in [0.2, 0.25) is 11.8 Å². The maximum absolute atomic E-state index is 12.6. The topological polar surface area (TPSA) is 102 Å². The fourth-order valence-electron chi connectivity index (χ4n) is 3.15. The molecular formula is C15H23N5O3. The molecule has 0 spiro atoms. The van der Waals surface area contributed by atoms with E-state index in [1.165, 1.54) is 0 Å². The van der Waals surface area contributed by atoms with Gasteiger partial charge in [-0.05, 0) is 25.7 Å². The summed E-state index contributed by atoms with van der Waals surface area (Å²) in [4.78, 5) is 26.6. The number of ether oxygens (including phenoxy) is 1. The number of nitrogens with two attached hydrogens (primary N) is 1. The average Bonchev–Trinajstić information content (AvgIpc) is 3.18. The van der Waals surface area contributed by atoms with Crippen LogP contribution in [0, 0.1) is 0 Å². The third-order valence-electron chi connectivity index (χ3n) is 4.42. The first-order valence-corrected chi connectivity index (χ1v) is 8.04. The van der Waals surface area contributed by atoms with Crippen molar-refractivity contribution in [3.63, 3.8) is 0 Å². The minimum atomic E-state index is -0.503. The van der Waals surface area contributed by atoms with Crippen LogP contribution in [0.5, 0.6) is 0 Å². The highest BCUT2D eigenvalue weighted by Gasteiger charge is 2.35. The van der Waals surface area contributed by atoms with E-state index in [9.17, 15) is 9.59 Å². The van der Waals surface area contributed by atoms with Crippen LogP contribution >= 0.6 is 0 Å². The van der Waals surface area contributed by atoms with Gasteiger partial charge in [-0.2, -0.15) is 5.10 Å². The van der Waals surface area contributed by atoms with Gasteiger partial charge in [0, 0.05) is 26.3 Å². The average molecular weight is 321 g/mol. The number of anilines is 1. The number of nitrogens with zero attached hydrogens (tertiary/aromatic N) is 3. The summed E-state index contributed by atoms with van der Waals surface area (Å²) in [5.74, 6) is -0.307. The summed E-state index contributed by atoms with van der Waals surface area (Å²) in [6.07, 6.45) is 5.83. The zero-order chi connectivity index (χ0) is 16.4. The molecule has 0 radical (unpaired) electrons. The second-order valence-corrected chi connectivity index (χ2v) is 6.13. The SMILES string of the molecule is Cn1cc(N2CCCC(NC(=O)[C@@H]3CC[C@H](CN)O3)C2=O)cn1. The van der Waals surface area contributed by atoms with Crippen LogP contribution in [-0.2, 0) is 21.4 Å². The second kappa shape index (κ2) is 6.67. The summed E-state index contributed by atoms with van der Waals surface area (Å²) in [5.41, 5.74) is 6.32. The molecule has 1 unspecified atom stereocenters. The maximum atomic E-state index is 12.6. The van der Waals surface area contributed by atoms with Gasteiger partial charge in [-0.3, -0.25) is 14.3 Å². The first-order chi connectivity index (χ1) is 11.1. The summed E-state index contributed by atoms with van der Waals surface area (Å²) in [5, 5.41) is 6.94. The molecule has 0 bridgehead atoms. The number of piperidine rings is 1. The predicted octanol–water partition coefficient (Wildman–Crippen LogP) is -0.462. The highest BCUT2D eigenvalue weighted by atomic mass is 16.5. The third kappa shape index (κ3) is 3.37. The fourth-order valence-corrected chi connectivity index (χ4v) is 3.15. The van der Waals surface area contributed by atoms with E-state index in [0.717, 1.165) is 18.5 Å². The van der Waals surface area contributed by atoms with Crippen LogP contribution in [0.25, 0.3) is 0 Å². The lowest BCUT2D eigenvalue weighted by atomic mass is 10.0. The zero-order valence-corrected chi connectivity index (χ0v) is 13.3. The van der Waals surface area contributed by atoms with E-state index in [4.69, 9.17) is 10.5 Å². The van der Waals surface area contributed by atoms with Crippen molar-refractivity contribution in [2.75, 3.05) is 18.0 Å². The van der Waals surface area contributed by atoms with Crippen molar-refractivity contribution in [3.8, 4) is 0 Å². The molecule has 2 aliphatic rings. The Kier molecular flexibility index (Phi) is 4.63. The first kappa shape index (κ1) is 15.9. The van der Waals surface area contributed by atoms with Crippen LogP contribution < -0.4 is 16.0 Å². The van der Waals surface area contributed by atoms with Crippen molar-refractivity contribution in [1.82, 2.24) is 15.1 Å². The van der Waals surface area contributed by atoms with E-state index < -0.39 is 12.1 Å². The van der Waals surface area contributed by atoms with Gasteiger partial charge < -0.3 is 20.7 Å². The van der Waals surface area contributed by atoms with Gasteiger partial charge in [0.25, 0.3) is 0 Å². The minimum absolute atomic E-state index is 0.0558.